The van der Waals surface area contributed by atoms with Gasteiger partial charge in [0.2, 0.25) is 5.89 Å². The van der Waals surface area contributed by atoms with Crippen molar-refractivity contribution in [2.24, 2.45) is 0 Å². The highest BCUT2D eigenvalue weighted by Gasteiger charge is 2.18. The van der Waals surface area contributed by atoms with Crippen LogP contribution in [-0.2, 0) is 0 Å². The largest absolute Gasteiger partial charge is 0.456 e. The average molecular weight is 655 g/mol. The van der Waals surface area contributed by atoms with E-state index in [-0.39, 0.29) is 0 Å². The number of oxazole rings is 1. The van der Waals surface area contributed by atoms with Crippen LogP contribution in [0.2, 0.25) is 0 Å². The van der Waals surface area contributed by atoms with Crippen LogP contribution in [0.15, 0.2) is 191 Å². The number of nitrogens with zero attached hydrogens (tertiary/aromatic N) is 2. The Morgan fingerprint density at radius 2 is 0.980 bits per heavy atom. The van der Waals surface area contributed by atoms with Gasteiger partial charge in [-0.25, -0.2) is 4.98 Å². The zero-order valence-corrected chi connectivity index (χ0v) is 27.5. The van der Waals surface area contributed by atoms with Gasteiger partial charge in [0.05, 0.1) is 5.39 Å². The molecule has 0 radical (unpaired) electrons. The third kappa shape index (κ3) is 5.13. The molecule has 51 heavy (non-hydrogen) atoms. The number of aromatic nitrogens is 1. The zero-order chi connectivity index (χ0) is 33.7. The van der Waals surface area contributed by atoms with Gasteiger partial charge < -0.3 is 13.7 Å². The van der Waals surface area contributed by atoms with Crippen molar-refractivity contribution in [1.29, 1.82) is 0 Å². The first kappa shape index (κ1) is 29.0. The Bertz CT molecular complexity index is 2840. The minimum absolute atomic E-state index is 0.606. The molecule has 240 valence electrons. The van der Waals surface area contributed by atoms with E-state index in [2.05, 4.69) is 144 Å². The Hall–Kier alpha value is -6.91. The van der Waals surface area contributed by atoms with Crippen molar-refractivity contribution >= 4 is 60.9 Å². The van der Waals surface area contributed by atoms with Gasteiger partial charge in [-0.15, -0.1) is 0 Å². The van der Waals surface area contributed by atoms with E-state index >= 15 is 0 Å². The van der Waals surface area contributed by atoms with Crippen molar-refractivity contribution in [3.63, 3.8) is 0 Å². The molecule has 8 aromatic carbocycles. The molecule has 0 amide bonds. The van der Waals surface area contributed by atoms with Crippen LogP contribution in [0.4, 0.5) is 17.1 Å². The molecule has 10 aromatic rings. The molecule has 0 atom stereocenters. The molecular weight excluding hydrogens is 625 g/mol. The lowest BCUT2D eigenvalue weighted by Gasteiger charge is -2.26. The standard InChI is InChI=1S/C47H30N2O2/c1-3-9-31(10-4-1)33-15-21-38(22-16-33)49(40-25-19-32-11-7-8-14-36(32)29-40)39-23-17-34(18-24-39)37-20-26-41-44(30-37)50-43-28-27-42-46(45(41)43)51-47(48-42)35-12-5-2-6-13-35/h1-30H. The predicted molar refractivity (Wildman–Crippen MR) is 210 cm³/mol. The maximum Gasteiger partial charge on any atom is 0.227 e. The van der Waals surface area contributed by atoms with Crippen molar-refractivity contribution < 1.29 is 8.83 Å². The summed E-state index contributed by atoms with van der Waals surface area (Å²) >= 11 is 0. The number of hydrogen-bond donors (Lipinski definition) is 0. The number of anilines is 3. The van der Waals surface area contributed by atoms with E-state index in [0.717, 1.165) is 66.8 Å². The van der Waals surface area contributed by atoms with Crippen LogP contribution >= 0.6 is 0 Å². The Morgan fingerprint density at radius 1 is 0.392 bits per heavy atom. The molecule has 4 nitrogen and oxygen atoms in total. The molecule has 10 rings (SSSR count). The van der Waals surface area contributed by atoms with Gasteiger partial charge in [0, 0.05) is 28.0 Å². The van der Waals surface area contributed by atoms with Crippen LogP contribution in [0.1, 0.15) is 0 Å². The maximum atomic E-state index is 6.40. The summed E-state index contributed by atoms with van der Waals surface area (Å²) < 4.78 is 12.7. The van der Waals surface area contributed by atoms with E-state index in [1.54, 1.807) is 0 Å². The molecule has 0 aliphatic heterocycles. The quantitative estimate of drug-likeness (QED) is 0.179. The molecule has 0 aliphatic carbocycles. The number of hydrogen-bond acceptors (Lipinski definition) is 4. The third-order valence-electron chi connectivity index (χ3n) is 9.69. The van der Waals surface area contributed by atoms with Crippen molar-refractivity contribution in [2.75, 3.05) is 4.90 Å². The van der Waals surface area contributed by atoms with Crippen LogP contribution in [-0.4, -0.2) is 4.98 Å². The molecule has 0 fully saturated rings. The molecule has 0 aliphatic rings. The highest BCUT2D eigenvalue weighted by molar-refractivity contribution is 6.16. The molecule has 0 saturated carbocycles. The van der Waals surface area contributed by atoms with Crippen LogP contribution in [0, 0.1) is 0 Å². The second-order valence-corrected chi connectivity index (χ2v) is 12.8. The smallest absolute Gasteiger partial charge is 0.227 e. The molecule has 0 bridgehead atoms. The number of fused-ring (bicyclic) bond motifs is 6. The summed E-state index contributed by atoms with van der Waals surface area (Å²) in [7, 11) is 0. The van der Waals surface area contributed by atoms with E-state index in [4.69, 9.17) is 13.8 Å². The summed E-state index contributed by atoms with van der Waals surface area (Å²) in [4.78, 5) is 7.09. The Balaban J connectivity index is 1.02. The Kier molecular flexibility index (Phi) is 6.78. The van der Waals surface area contributed by atoms with Crippen LogP contribution in [0.3, 0.4) is 0 Å². The molecule has 0 N–H and O–H groups in total. The summed E-state index contributed by atoms with van der Waals surface area (Å²) in [5.74, 6) is 0.606. The molecule has 0 saturated heterocycles. The van der Waals surface area contributed by atoms with Gasteiger partial charge in [-0.3, -0.25) is 0 Å². The first-order chi connectivity index (χ1) is 25.2. The van der Waals surface area contributed by atoms with Gasteiger partial charge >= 0.3 is 0 Å². The fourth-order valence-corrected chi connectivity index (χ4v) is 7.13. The van der Waals surface area contributed by atoms with E-state index in [1.807, 2.05) is 42.5 Å². The highest BCUT2D eigenvalue weighted by atomic mass is 16.4. The lowest BCUT2D eigenvalue weighted by atomic mass is 10.0. The fourth-order valence-electron chi connectivity index (χ4n) is 7.13. The van der Waals surface area contributed by atoms with Gasteiger partial charge in [0.1, 0.15) is 16.7 Å². The molecule has 2 heterocycles. The van der Waals surface area contributed by atoms with Gasteiger partial charge in [-0.2, -0.15) is 0 Å². The van der Waals surface area contributed by atoms with E-state index in [9.17, 15) is 0 Å². The van der Waals surface area contributed by atoms with Crippen molar-refractivity contribution in [1.82, 2.24) is 4.98 Å². The minimum atomic E-state index is 0.606. The molecule has 0 unspecified atom stereocenters. The predicted octanol–water partition coefficient (Wildman–Crippen LogP) is 13.4. The fraction of sp³-hybridized carbons (Fsp3) is 0. The summed E-state index contributed by atoms with van der Waals surface area (Å²) in [6.45, 7) is 0. The molecule has 4 heteroatoms. The Morgan fingerprint density at radius 3 is 1.71 bits per heavy atom. The normalized spacial score (nSPS) is 11.5. The van der Waals surface area contributed by atoms with E-state index in [1.165, 1.54) is 21.9 Å². The van der Waals surface area contributed by atoms with Gasteiger partial charge in [-0.1, -0.05) is 109 Å². The molecule has 0 spiro atoms. The summed E-state index contributed by atoms with van der Waals surface area (Å²) in [5, 5.41) is 4.38. The van der Waals surface area contributed by atoms with E-state index in [0.29, 0.717) is 5.89 Å². The summed E-state index contributed by atoms with van der Waals surface area (Å²) in [6.07, 6.45) is 0. The monoisotopic (exact) mass is 654 g/mol. The van der Waals surface area contributed by atoms with Crippen LogP contribution in [0.25, 0.3) is 77.5 Å². The number of furan rings is 1. The number of rotatable bonds is 6. The van der Waals surface area contributed by atoms with Crippen LogP contribution < -0.4 is 4.90 Å². The maximum absolute atomic E-state index is 6.40. The van der Waals surface area contributed by atoms with Gasteiger partial charge in [0.25, 0.3) is 0 Å². The van der Waals surface area contributed by atoms with Gasteiger partial charge in [-0.05, 0) is 106 Å². The van der Waals surface area contributed by atoms with Crippen molar-refractivity contribution in [2.45, 2.75) is 0 Å². The first-order valence-corrected chi connectivity index (χ1v) is 17.1. The number of benzene rings is 8. The average Bonchev–Trinajstić information content (AvgIpc) is 3.81. The SMILES string of the molecule is c1ccc(-c2ccc(N(c3ccc(-c4ccc5c(c4)oc4ccc6nc(-c7ccccc7)oc6c45)cc3)c3ccc4ccccc4c3)cc2)cc1. The highest BCUT2D eigenvalue weighted by Crippen LogP contribution is 2.40. The Labute approximate surface area is 294 Å². The molecule has 2 aromatic heterocycles. The second kappa shape index (κ2) is 11.9. The first-order valence-electron chi connectivity index (χ1n) is 17.1. The third-order valence-corrected chi connectivity index (χ3v) is 9.69. The summed E-state index contributed by atoms with van der Waals surface area (Å²) in [6, 6.07) is 63.6. The van der Waals surface area contributed by atoms with Crippen LogP contribution in [0.5, 0.6) is 0 Å². The zero-order valence-electron chi connectivity index (χ0n) is 27.5. The molecular formula is C47H30N2O2. The lowest BCUT2D eigenvalue weighted by molar-refractivity contribution is 0.622. The lowest BCUT2D eigenvalue weighted by Crippen LogP contribution is -2.09. The second-order valence-electron chi connectivity index (χ2n) is 12.8. The van der Waals surface area contributed by atoms with Crippen molar-refractivity contribution in [3.05, 3.63) is 182 Å². The van der Waals surface area contributed by atoms with E-state index < -0.39 is 0 Å². The van der Waals surface area contributed by atoms with Gasteiger partial charge in [0.15, 0.2) is 5.58 Å². The minimum Gasteiger partial charge on any atom is -0.456 e. The summed E-state index contributed by atoms with van der Waals surface area (Å²) in [5.41, 5.74) is 12.0. The van der Waals surface area contributed by atoms with Crippen molar-refractivity contribution in [3.8, 4) is 33.7 Å². The topological polar surface area (TPSA) is 42.4 Å².